The Labute approximate surface area is 174 Å². The predicted octanol–water partition coefficient (Wildman–Crippen LogP) is 4.26. The minimum Gasteiger partial charge on any atom is -0.491 e. The Morgan fingerprint density at radius 3 is 2.03 bits per heavy atom. The number of hydrogen-bond acceptors (Lipinski definition) is 3. The van der Waals surface area contributed by atoms with E-state index in [1.54, 1.807) is 12.1 Å². The van der Waals surface area contributed by atoms with E-state index < -0.39 is 0 Å². The molecule has 4 aromatic rings. The minimum atomic E-state index is -0.114. The topological polar surface area (TPSA) is 60.3 Å². The van der Waals surface area contributed by atoms with Crippen LogP contribution in [0.4, 0.5) is 0 Å². The van der Waals surface area contributed by atoms with Gasteiger partial charge in [-0.1, -0.05) is 36.4 Å². The third-order valence-electron chi connectivity index (χ3n) is 4.97. The molecular weight excluding hydrogens is 376 g/mol. The van der Waals surface area contributed by atoms with Gasteiger partial charge in [-0.25, -0.2) is 0 Å². The molecule has 0 spiro atoms. The van der Waals surface area contributed by atoms with Gasteiger partial charge < -0.3 is 14.6 Å². The third kappa shape index (κ3) is 4.06. The number of aromatic nitrogens is 1. The van der Waals surface area contributed by atoms with E-state index in [2.05, 4.69) is 5.32 Å². The van der Waals surface area contributed by atoms with E-state index in [-0.39, 0.29) is 24.0 Å². The molecule has 0 aliphatic carbocycles. The normalized spacial score (nSPS) is 11.2. The average molecular weight is 400 g/mol. The van der Waals surface area contributed by atoms with Crippen LogP contribution in [0.1, 0.15) is 19.4 Å². The highest BCUT2D eigenvalue weighted by molar-refractivity contribution is 5.94. The Kier molecular flexibility index (Phi) is 5.53. The summed E-state index contributed by atoms with van der Waals surface area (Å²) in [6.07, 6.45) is 0.123. The lowest BCUT2D eigenvalue weighted by Crippen LogP contribution is -2.28. The van der Waals surface area contributed by atoms with Crippen molar-refractivity contribution in [3.63, 3.8) is 0 Å². The molecule has 1 heterocycles. The van der Waals surface area contributed by atoms with Gasteiger partial charge in [0.25, 0.3) is 0 Å². The van der Waals surface area contributed by atoms with Crippen molar-refractivity contribution in [1.82, 2.24) is 9.88 Å². The van der Waals surface area contributed by atoms with Gasteiger partial charge in [-0.2, -0.15) is 0 Å². The Hall–Kier alpha value is -3.60. The fraction of sp³-hybridized carbons (Fsp3) is 0.200. The molecular formula is C25H24N2O3. The molecule has 0 saturated carbocycles. The molecule has 0 unspecified atom stereocenters. The molecule has 3 aromatic carbocycles. The monoisotopic (exact) mass is 400 g/mol. The minimum absolute atomic E-state index is 0.0124. The highest BCUT2D eigenvalue weighted by Crippen LogP contribution is 2.19. The van der Waals surface area contributed by atoms with Crippen molar-refractivity contribution in [2.24, 2.45) is 0 Å². The maximum Gasteiger partial charge on any atom is 0.240 e. The molecule has 0 aliphatic rings. The molecule has 1 amide bonds. The van der Waals surface area contributed by atoms with Crippen LogP contribution in [-0.2, 0) is 17.9 Å². The summed E-state index contributed by atoms with van der Waals surface area (Å²) in [5.41, 5.74) is 2.49. The first-order valence-corrected chi connectivity index (χ1v) is 10.1. The Balaban J connectivity index is 1.56. The zero-order valence-corrected chi connectivity index (χ0v) is 17.1. The number of ether oxygens (including phenoxy) is 1. The first-order valence-electron chi connectivity index (χ1n) is 10.1. The molecule has 1 N–H and O–H groups in total. The molecule has 152 valence electrons. The number of rotatable bonds is 6. The second-order valence-electron chi connectivity index (χ2n) is 7.54. The molecule has 0 fully saturated rings. The molecule has 0 aliphatic heterocycles. The lowest BCUT2D eigenvalue weighted by molar-refractivity contribution is -0.121. The number of nitrogens with one attached hydrogen (secondary N) is 1. The number of para-hydroxylation sites is 2. The van der Waals surface area contributed by atoms with Gasteiger partial charge in [-0.15, -0.1) is 0 Å². The summed E-state index contributed by atoms with van der Waals surface area (Å²) in [4.78, 5) is 25.5. The van der Waals surface area contributed by atoms with E-state index in [0.717, 1.165) is 22.3 Å². The summed E-state index contributed by atoms with van der Waals surface area (Å²) in [5, 5.41) is 4.20. The molecule has 0 saturated heterocycles. The quantitative estimate of drug-likeness (QED) is 0.492. The van der Waals surface area contributed by atoms with Crippen LogP contribution in [0, 0.1) is 0 Å². The highest BCUT2D eigenvalue weighted by Gasteiger charge is 2.12. The van der Waals surface area contributed by atoms with Crippen LogP contribution in [0.5, 0.6) is 5.75 Å². The van der Waals surface area contributed by atoms with Gasteiger partial charge in [0.2, 0.25) is 5.91 Å². The average Bonchev–Trinajstić information content (AvgIpc) is 2.76. The fourth-order valence-electron chi connectivity index (χ4n) is 3.61. The van der Waals surface area contributed by atoms with E-state index in [1.807, 2.05) is 79.1 Å². The number of carbonyl (C=O) groups excluding carboxylic acids is 1. The SMILES string of the molecule is CC(C)Oc1ccc(CNC(=O)Cn2c3ccccc3c(=O)c3ccccc32)cc1. The van der Waals surface area contributed by atoms with Gasteiger partial charge in [0.05, 0.1) is 17.1 Å². The van der Waals surface area contributed by atoms with Gasteiger partial charge in [0.1, 0.15) is 12.3 Å². The van der Waals surface area contributed by atoms with E-state index in [1.165, 1.54) is 0 Å². The van der Waals surface area contributed by atoms with Crippen LogP contribution in [0.25, 0.3) is 21.8 Å². The van der Waals surface area contributed by atoms with Crippen molar-refractivity contribution in [2.45, 2.75) is 33.0 Å². The summed E-state index contributed by atoms with van der Waals surface area (Å²) < 4.78 is 7.55. The number of benzene rings is 3. The number of carbonyl (C=O) groups is 1. The third-order valence-corrected chi connectivity index (χ3v) is 4.97. The van der Waals surface area contributed by atoms with Crippen molar-refractivity contribution in [3.8, 4) is 5.75 Å². The summed E-state index contributed by atoms with van der Waals surface area (Å²) in [5.74, 6) is 0.697. The van der Waals surface area contributed by atoms with Gasteiger partial charge in [0.15, 0.2) is 5.43 Å². The summed E-state index contributed by atoms with van der Waals surface area (Å²) in [6, 6.07) is 22.5. The lowest BCUT2D eigenvalue weighted by Gasteiger charge is -2.15. The van der Waals surface area contributed by atoms with Crippen molar-refractivity contribution < 1.29 is 9.53 Å². The first kappa shape index (κ1) is 19.7. The van der Waals surface area contributed by atoms with Crippen LogP contribution in [-0.4, -0.2) is 16.6 Å². The van der Waals surface area contributed by atoms with Gasteiger partial charge in [-0.05, 0) is 55.8 Å². The number of nitrogens with zero attached hydrogens (tertiary/aromatic N) is 1. The van der Waals surface area contributed by atoms with Crippen molar-refractivity contribution >= 4 is 27.7 Å². The van der Waals surface area contributed by atoms with E-state index in [4.69, 9.17) is 4.74 Å². The summed E-state index contributed by atoms with van der Waals surface area (Å²) in [7, 11) is 0. The highest BCUT2D eigenvalue weighted by atomic mass is 16.5. The van der Waals surface area contributed by atoms with E-state index in [9.17, 15) is 9.59 Å². The van der Waals surface area contributed by atoms with Crippen LogP contribution in [0.15, 0.2) is 77.6 Å². The molecule has 0 atom stereocenters. The predicted molar refractivity (Wildman–Crippen MR) is 120 cm³/mol. The molecule has 1 aromatic heterocycles. The number of amides is 1. The molecule has 0 bridgehead atoms. The van der Waals surface area contributed by atoms with Crippen molar-refractivity contribution in [3.05, 3.63) is 88.6 Å². The summed E-state index contributed by atoms with van der Waals surface area (Å²) >= 11 is 0. The number of pyridine rings is 1. The number of hydrogen-bond donors (Lipinski definition) is 1. The molecule has 5 nitrogen and oxygen atoms in total. The maximum atomic E-state index is 12.8. The van der Waals surface area contributed by atoms with E-state index in [0.29, 0.717) is 17.3 Å². The fourth-order valence-corrected chi connectivity index (χ4v) is 3.61. The number of fused-ring (bicyclic) bond motifs is 2. The van der Waals surface area contributed by atoms with Gasteiger partial charge in [0, 0.05) is 17.3 Å². The Bertz CT molecular complexity index is 1200. The van der Waals surface area contributed by atoms with Crippen LogP contribution in [0.2, 0.25) is 0 Å². The first-order chi connectivity index (χ1) is 14.5. The molecule has 5 heteroatoms. The lowest BCUT2D eigenvalue weighted by atomic mass is 10.1. The molecule has 0 radical (unpaired) electrons. The van der Waals surface area contributed by atoms with Crippen molar-refractivity contribution in [1.29, 1.82) is 0 Å². The zero-order chi connectivity index (χ0) is 21.1. The van der Waals surface area contributed by atoms with Crippen LogP contribution in [0.3, 0.4) is 0 Å². The van der Waals surface area contributed by atoms with Gasteiger partial charge >= 0.3 is 0 Å². The standard InChI is InChI=1S/C25H24N2O3/c1-17(2)30-19-13-11-18(12-14-19)15-26-24(28)16-27-22-9-5-3-7-20(22)25(29)21-8-4-6-10-23(21)27/h3-14,17H,15-16H2,1-2H3,(H,26,28). The smallest absolute Gasteiger partial charge is 0.240 e. The second kappa shape index (κ2) is 8.41. The van der Waals surface area contributed by atoms with Crippen molar-refractivity contribution in [2.75, 3.05) is 0 Å². The van der Waals surface area contributed by atoms with Crippen LogP contribution < -0.4 is 15.5 Å². The Morgan fingerprint density at radius 2 is 1.47 bits per heavy atom. The summed E-state index contributed by atoms with van der Waals surface area (Å²) in [6.45, 7) is 4.53. The van der Waals surface area contributed by atoms with Gasteiger partial charge in [-0.3, -0.25) is 9.59 Å². The molecule has 30 heavy (non-hydrogen) atoms. The van der Waals surface area contributed by atoms with Crippen LogP contribution >= 0.6 is 0 Å². The maximum absolute atomic E-state index is 12.8. The zero-order valence-electron chi connectivity index (χ0n) is 17.1. The largest absolute Gasteiger partial charge is 0.491 e. The van der Waals surface area contributed by atoms with E-state index >= 15 is 0 Å². The Morgan fingerprint density at radius 1 is 0.900 bits per heavy atom. The second-order valence-corrected chi connectivity index (χ2v) is 7.54. The molecule has 4 rings (SSSR count).